The molecule has 1 amide bonds. The van der Waals surface area contributed by atoms with Gasteiger partial charge in [0, 0.05) is 36.2 Å². The fourth-order valence-electron chi connectivity index (χ4n) is 8.72. The summed E-state index contributed by atoms with van der Waals surface area (Å²) in [5.41, 5.74) is 3.67. The normalized spacial score (nSPS) is 34.3. The Morgan fingerprint density at radius 1 is 1.16 bits per heavy atom. The molecule has 2 heterocycles. The summed E-state index contributed by atoms with van der Waals surface area (Å²) in [5.74, 6) is 1.07. The molecule has 1 spiro atoms. The van der Waals surface area contributed by atoms with E-state index in [2.05, 4.69) is 40.5 Å². The van der Waals surface area contributed by atoms with E-state index in [4.69, 9.17) is 26.2 Å². The van der Waals surface area contributed by atoms with Crippen molar-refractivity contribution in [2.24, 2.45) is 27.3 Å². The van der Waals surface area contributed by atoms with Crippen molar-refractivity contribution in [3.8, 4) is 5.75 Å². The smallest absolute Gasteiger partial charge is 0.286 e. The number of ether oxygens (including phenoxy) is 2. The van der Waals surface area contributed by atoms with Crippen LogP contribution in [0, 0.1) is 17.8 Å². The van der Waals surface area contributed by atoms with Crippen LogP contribution in [0.25, 0.3) is 0 Å². The number of anilines is 1. The van der Waals surface area contributed by atoms with E-state index in [0.29, 0.717) is 30.4 Å². The number of amides is 1. The molecule has 7 nitrogen and oxygen atoms in total. The average Bonchev–Trinajstić information content (AvgIpc) is 3.42. The molecule has 0 aromatic heterocycles. The second-order valence-corrected chi connectivity index (χ2v) is 16.1. The molecule has 0 saturated heterocycles. The minimum Gasteiger partial charge on any atom is -0.490 e. The summed E-state index contributed by atoms with van der Waals surface area (Å²) >= 11 is 6.45. The summed E-state index contributed by atoms with van der Waals surface area (Å²) in [6.45, 7) is 6.22. The molecule has 4 aliphatic rings. The zero-order valence-electron chi connectivity index (χ0n) is 26.9. The Bertz CT molecular complexity index is 1570. The van der Waals surface area contributed by atoms with Crippen molar-refractivity contribution in [3.63, 3.8) is 0 Å². The first kappa shape index (κ1) is 32.5. The predicted molar refractivity (Wildman–Crippen MR) is 183 cm³/mol. The summed E-state index contributed by atoms with van der Waals surface area (Å²) in [6.07, 6.45) is 13.0. The topological polar surface area (TPSA) is 94.2 Å². The first-order valence-corrected chi connectivity index (χ1v) is 18.8. The van der Waals surface area contributed by atoms with Gasteiger partial charge in [-0.2, -0.15) is 0 Å². The molecule has 0 radical (unpaired) electrons. The molecule has 7 atom stereocenters. The summed E-state index contributed by atoms with van der Waals surface area (Å²) < 4.78 is 31.0. The van der Waals surface area contributed by atoms with Crippen LogP contribution < -0.4 is 14.8 Å². The standard InChI is InChI=1S/C36H48ClN3O4S/c1-4-24-9-7-13-32(43-3)29-12-6-10-27(29)21-40-22-36(18-8-11-25-19-28(37)15-16-30(25)36)23-44-33-17-14-26(20-31(33)40)35(41)39-45(38,42)34(24)5-2/h7,13-17,19-20,24,27,29,32,34H,4-6,8-12,18,21-23H2,1-3H3,(H2,38,39,41,42)/b13-7+/t24-,27-,29+,32-,34+,36-,45?/m0/s1. The minimum absolute atomic E-state index is 0.00275. The number of benzene rings is 2. The average molecular weight is 654 g/mol. The Kier molecular flexibility index (Phi) is 9.68. The molecule has 2 N–H and O–H groups in total. The Balaban J connectivity index is 1.48. The van der Waals surface area contributed by atoms with Gasteiger partial charge in [-0.1, -0.05) is 56.5 Å². The van der Waals surface area contributed by atoms with Gasteiger partial charge in [0.1, 0.15) is 15.7 Å². The minimum atomic E-state index is -3.29. The van der Waals surface area contributed by atoms with Gasteiger partial charge in [0.15, 0.2) is 0 Å². The summed E-state index contributed by atoms with van der Waals surface area (Å²) in [4.78, 5) is 16.1. The van der Waals surface area contributed by atoms with Crippen LogP contribution in [0.3, 0.4) is 0 Å². The number of hydrogen-bond acceptors (Lipinski definition) is 5. The molecule has 244 valence electrons. The number of hydrogen-bond donors (Lipinski definition) is 1. The number of rotatable bonds is 3. The molecule has 2 aromatic rings. The van der Waals surface area contributed by atoms with E-state index in [0.717, 1.165) is 80.9 Å². The quantitative estimate of drug-likeness (QED) is 0.347. The van der Waals surface area contributed by atoms with Crippen molar-refractivity contribution in [2.75, 3.05) is 31.7 Å². The number of nitrogens with zero attached hydrogens (tertiary/aromatic N) is 2. The molecular weight excluding hydrogens is 606 g/mol. The fraction of sp³-hybridized carbons (Fsp3) is 0.583. The van der Waals surface area contributed by atoms with E-state index in [9.17, 15) is 9.00 Å². The maximum absolute atomic E-state index is 13.9. The van der Waals surface area contributed by atoms with E-state index < -0.39 is 21.1 Å². The molecule has 9 heteroatoms. The molecule has 6 rings (SSSR count). The third-order valence-corrected chi connectivity index (χ3v) is 13.3. The van der Waals surface area contributed by atoms with Crippen LogP contribution in [-0.2, 0) is 26.5 Å². The van der Waals surface area contributed by atoms with Crippen LogP contribution in [0.5, 0.6) is 5.75 Å². The lowest BCUT2D eigenvalue weighted by Crippen LogP contribution is -2.47. The second-order valence-electron chi connectivity index (χ2n) is 13.6. The number of methoxy groups -OCH3 is 1. The Morgan fingerprint density at radius 3 is 2.78 bits per heavy atom. The van der Waals surface area contributed by atoms with Crippen molar-refractivity contribution in [3.05, 3.63) is 70.3 Å². The number of allylic oxidation sites excluding steroid dienone is 1. The van der Waals surface area contributed by atoms with Gasteiger partial charge in [-0.05, 0) is 104 Å². The molecule has 2 bridgehead atoms. The number of aryl methyl sites for hydroxylation is 1. The highest BCUT2D eigenvalue weighted by atomic mass is 35.5. The molecular formula is C36H48ClN3O4S. The van der Waals surface area contributed by atoms with Crippen molar-refractivity contribution >= 4 is 33.1 Å². The zero-order chi connectivity index (χ0) is 31.8. The number of nitrogens with two attached hydrogens (primary N) is 1. The Hall–Kier alpha value is -2.39. The number of carbonyl (C=O) groups is 1. The van der Waals surface area contributed by atoms with E-state index in [1.165, 1.54) is 11.1 Å². The fourth-order valence-corrected chi connectivity index (χ4v) is 10.7. The molecule has 1 unspecified atom stereocenters. The van der Waals surface area contributed by atoms with Gasteiger partial charge in [0.05, 0.1) is 23.6 Å². The lowest BCUT2D eigenvalue weighted by molar-refractivity contribution is 0.0728. The van der Waals surface area contributed by atoms with Gasteiger partial charge in [0.25, 0.3) is 5.91 Å². The zero-order valence-corrected chi connectivity index (χ0v) is 28.5. The molecule has 1 fully saturated rings. The van der Waals surface area contributed by atoms with Crippen LogP contribution in [0.4, 0.5) is 5.69 Å². The SMILES string of the molecule is CC[C@H]1C/C=C/[C@H](OC)[C@@H]2CCC[C@H]2CN2C[C@@]3(CCCc4cc(Cl)ccc43)COc3ccc(cc32)C(=O)N=S(N)(=O)[C@@H]1CC. The van der Waals surface area contributed by atoms with Crippen LogP contribution in [0.1, 0.15) is 86.7 Å². The first-order chi connectivity index (χ1) is 21.7. The lowest BCUT2D eigenvalue weighted by atomic mass is 9.70. The monoisotopic (exact) mass is 653 g/mol. The summed E-state index contributed by atoms with van der Waals surface area (Å²) in [6, 6.07) is 11.8. The second kappa shape index (κ2) is 13.4. The molecule has 2 aliphatic heterocycles. The van der Waals surface area contributed by atoms with E-state index in [1.54, 1.807) is 6.07 Å². The Morgan fingerprint density at radius 2 is 2.00 bits per heavy atom. The van der Waals surface area contributed by atoms with Crippen LogP contribution in [-0.4, -0.2) is 48.3 Å². The van der Waals surface area contributed by atoms with E-state index in [-0.39, 0.29) is 17.4 Å². The molecule has 2 aliphatic carbocycles. The van der Waals surface area contributed by atoms with Gasteiger partial charge in [-0.15, -0.1) is 4.36 Å². The van der Waals surface area contributed by atoms with Gasteiger partial charge < -0.3 is 14.4 Å². The van der Waals surface area contributed by atoms with Crippen molar-refractivity contribution in [2.45, 2.75) is 88.4 Å². The van der Waals surface area contributed by atoms with Crippen LogP contribution >= 0.6 is 11.6 Å². The molecule has 45 heavy (non-hydrogen) atoms. The van der Waals surface area contributed by atoms with Crippen molar-refractivity contribution in [1.82, 2.24) is 0 Å². The van der Waals surface area contributed by atoms with Gasteiger partial charge in [-0.3, -0.25) is 4.79 Å². The van der Waals surface area contributed by atoms with Crippen LogP contribution in [0.15, 0.2) is 52.9 Å². The summed E-state index contributed by atoms with van der Waals surface area (Å²) in [5, 5.41) is 6.80. The maximum atomic E-state index is 13.9. The molecule has 1 saturated carbocycles. The lowest BCUT2D eigenvalue weighted by Gasteiger charge is -2.42. The van der Waals surface area contributed by atoms with Crippen molar-refractivity contribution < 1.29 is 18.5 Å². The third kappa shape index (κ3) is 6.45. The summed E-state index contributed by atoms with van der Waals surface area (Å²) in [7, 11) is -1.48. The van der Waals surface area contributed by atoms with E-state index in [1.807, 2.05) is 32.2 Å². The number of halogens is 1. The van der Waals surface area contributed by atoms with Gasteiger partial charge in [-0.25, -0.2) is 9.35 Å². The molecule has 2 aromatic carbocycles. The Labute approximate surface area is 274 Å². The third-order valence-electron chi connectivity index (χ3n) is 11.0. The maximum Gasteiger partial charge on any atom is 0.286 e. The van der Waals surface area contributed by atoms with E-state index >= 15 is 0 Å². The van der Waals surface area contributed by atoms with Crippen LogP contribution in [0.2, 0.25) is 5.02 Å². The number of fused-ring (bicyclic) bond motifs is 4. The largest absolute Gasteiger partial charge is 0.490 e. The van der Waals surface area contributed by atoms with Gasteiger partial charge in [0.2, 0.25) is 0 Å². The van der Waals surface area contributed by atoms with Crippen molar-refractivity contribution in [1.29, 1.82) is 0 Å². The highest BCUT2D eigenvalue weighted by Crippen LogP contribution is 2.46. The highest BCUT2D eigenvalue weighted by Gasteiger charge is 2.43. The highest BCUT2D eigenvalue weighted by molar-refractivity contribution is 7.92. The first-order valence-electron chi connectivity index (χ1n) is 16.8. The number of carbonyl (C=O) groups excluding carboxylic acids is 1. The van der Waals surface area contributed by atoms with Gasteiger partial charge >= 0.3 is 0 Å². The predicted octanol–water partition coefficient (Wildman–Crippen LogP) is 7.49.